The zero-order valence-electron chi connectivity index (χ0n) is 19.6. The van der Waals surface area contributed by atoms with Crippen LogP contribution in [0, 0.1) is 0 Å². The van der Waals surface area contributed by atoms with Crippen LogP contribution in [-0.2, 0) is 11.3 Å². The highest BCUT2D eigenvalue weighted by atomic mass is 16.2. The standard InChI is InChI=1S/C27H27N7O/c1-18(35)32-11-9-20(10-12-32)25-14-23(26-27(28)29-17-30-34(25)26)21-7-8-22-16-33(31-24(22)13-21)15-19-5-3-2-4-6-19/h2-8,13-14,16-17,20H,9-12,15H2,1H3,(H2,28,29,30). The maximum atomic E-state index is 11.8. The van der Waals surface area contributed by atoms with Gasteiger partial charge in [0.05, 0.1) is 12.1 Å². The molecule has 1 saturated heterocycles. The SMILES string of the molecule is CC(=O)N1CCC(c2cc(-c3ccc4cn(Cc5ccccc5)nc4c3)c3c(N)ncnn23)CC1. The summed E-state index contributed by atoms with van der Waals surface area (Å²) in [4.78, 5) is 18.0. The van der Waals surface area contributed by atoms with Crippen molar-refractivity contribution in [3.8, 4) is 11.1 Å². The molecule has 1 amide bonds. The van der Waals surface area contributed by atoms with E-state index in [-0.39, 0.29) is 5.91 Å². The molecule has 5 aromatic rings. The number of anilines is 1. The third-order valence-corrected chi connectivity index (χ3v) is 7.02. The molecule has 0 bridgehead atoms. The second-order valence-electron chi connectivity index (χ2n) is 9.25. The molecular weight excluding hydrogens is 438 g/mol. The number of carbonyl (C=O) groups excluding carboxylic acids is 1. The molecule has 0 radical (unpaired) electrons. The predicted molar refractivity (Wildman–Crippen MR) is 136 cm³/mol. The maximum Gasteiger partial charge on any atom is 0.219 e. The number of amides is 1. The Kier molecular flexibility index (Phi) is 5.21. The Morgan fingerprint density at radius 2 is 1.89 bits per heavy atom. The number of hydrogen-bond donors (Lipinski definition) is 1. The fraction of sp³-hybridized carbons (Fsp3) is 0.259. The first-order valence-electron chi connectivity index (χ1n) is 12.0. The Labute approximate surface area is 203 Å². The van der Waals surface area contributed by atoms with Crippen LogP contribution in [0.4, 0.5) is 5.82 Å². The maximum absolute atomic E-state index is 11.8. The molecule has 8 nitrogen and oxygen atoms in total. The van der Waals surface area contributed by atoms with E-state index in [0.29, 0.717) is 11.7 Å². The minimum Gasteiger partial charge on any atom is -0.382 e. The molecule has 1 fully saturated rings. The van der Waals surface area contributed by atoms with Crippen LogP contribution >= 0.6 is 0 Å². The lowest BCUT2D eigenvalue weighted by molar-refractivity contribution is -0.129. The van der Waals surface area contributed by atoms with Gasteiger partial charge in [-0.15, -0.1) is 0 Å². The lowest BCUT2D eigenvalue weighted by atomic mass is 9.93. The van der Waals surface area contributed by atoms with Crippen LogP contribution in [0.1, 0.15) is 36.9 Å². The van der Waals surface area contributed by atoms with Gasteiger partial charge in [0.25, 0.3) is 0 Å². The summed E-state index contributed by atoms with van der Waals surface area (Å²) in [6.45, 7) is 3.88. The van der Waals surface area contributed by atoms with Gasteiger partial charge in [-0.1, -0.05) is 42.5 Å². The second-order valence-corrected chi connectivity index (χ2v) is 9.25. The first kappa shape index (κ1) is 21.3. The number of nitrogen functional groups attached to an aromatic ring is 1. The van der Waals surface area contributed by atoms with Gasteiger partial charge >= 0.3 is 0 Å². The van der Waals surface area contributed by atoms with E-state index in [1.54, 1.807) is 6.92 Å². The van der Waals surface area contributed by atoms with Gasteiger partial charge in [-0.2, -0.15) is 10.2 Å². The molecule has 0 atom stereocenters. The zero-order chi connectivity index (χ0) is 23.9. The van der Waals surface area contributed by atoms with Gasteiger partial charge < -0.3 is 10.6 Å². The topological polar surface area (TPSA) is 94.3 Å². The number of benzene rings is 2. The lowest BCUT2D eigenvalue weighted by Gasteiger charge is -2.31. The predicted octanol–water partition coefficient (Wildman–Crippen LogP) is 4.10. The van der Waals surface area contributed by atoms with E-state index in [4.69, 9.17) is 10.8 Å². The zero-order valence-corrected chi connectivity index (χ0v) is 19.6. The van der Waals surface area contributed by atoms with Crippen molar-refractivity contribution < 1.29 is 4.79 Å². The van der Waals surface area contributed by atoms with E-state index in [1.165, 1.54) is 11.9 Å². The summed E-state index contributed by atoms with van der Waals surface area (Å²) in [6.07, 6.45) is 5.39. The van der Waals surface area contributed by atoms with Gasteiger partial charge in [0.2, 0.25) is 5.91 Å². The third kappa shape index (κ3) is 3.90. The summed E-state index contributed by atoms with van der Waals surface area (Å²) in [5.41, 5.74) is 12.5. The summed E-state index contributed by atoms with van der Waals surface area (Å²) >= 11 is 0. The second kappa shape index (κ2) is 8.54. The Hall–Kier alpha value is -4.20. The number of fused-ring (bicyclic) bond motifs is 2. The summed E-state index contributed by atoms with van der Waals surface area (Å²) in [6, 6.07) is 18.8. The Morgan fingerprint density at radius 1 is 1.09 bits per heavy atom. The molecule has 35 heavy (non-hydrogen) atoms. The number of rotatable bonds is 4. The molecule has 176 valence electrons. The molecule has 2 N–H and O–H groups in total. The number of aromatic nitrogens is 5. The lowest BCUT2D eigenvalue weighted by Crippen LogP contribution is -2.36. The molecule has 0 saturated carbocycles. The number of carbonyl (C=O) groups is 1. The van der Waals surface area contributed by atoms with Crippen LogP contribution in [0.15, 0.2) is 67.1 Å². The molecule has 6 rings (SSSR count). The van der Waals surface area contributed by atoms with E-state index in [9.17, 15) is 4.79 Å². The van der Waals surface area contributed by atoms with E-state index >= 15 is 0 Å². The number of nitrogens with zero attached hydrogens (tertiary/aromatic N) is 6. The van der Waals surface area contributed by atoms with Crippen molar-refractivity contribution in [1.29, 1.82) is 0 Å². The molecule has 4 heterocycles. The summed E-state index contributed by atoms with van der Waals surface area (Å²) in [7, 11) is 0. The molecule has 0 aliphatic carbocycles. The largest absolute Gasteiger partial charge is 0.382 e. The number of piperidine rings is 1. The average molecular weight is 466 g/mol. The van der Waals surface area contributed by atoms with Gasteiger partial charge in [-0.25, -0.2) is 9.50 Å². The van der Waals surface area contributed by atoms with Crippen LogP contribution in [0.5, 0.6) is 0 Å². The van der Waals surface area contributed by atoms with Crippen molar-refractivity contribution in [2.75, 3.05) is 18.8 Å². The van der Waals surface area contributed by atoms with E-state index in [0.717, 1.165) is 65.7 Å². The summed E-state index contributed by atoms with van der Waals surface area (Å²) < 4.78 is 3.91. The van der Waals surface area contributed by atoms with Gasteiger partial charge in [0.15, 0.2) is 5.82 Å². The first-order chi connectivity index (χ1) is 17.1. The number of hydrogen-bond acceptors (Lipinski definition) is 5. The van der Waals surface area contributed by atoms with Crippen molar-refractivity contribution in [3.05, 3.63) is 78.4 Å². The molecule has 1 aliphatic rings. The molecule has 3 aromatic heterocycles. The van der Waals surface area contributed by atoms with Crippen LogP contribution in [0.25, 0.3) is 27.5 Å². The smallest absolute Gasteiger partial charge is 0.219 e. The Balaban J connectivity index is 1.38. The van der Waals surface area contributed by atoms with Gasteiger partial charge in [0.1, 0.15) is 11.8 Å². The molecule has 0 spiro atoms. The summed E-state index contributed by atoms with van der Waals surface area (Å²) in [5, 5.41) is 10.5. The minimum absolute atomic E-state index is 0.135. The fourth-order valence-electron chi connectivity index (χ4n) is 5.18. The van der Waals surface area contributed by atoms with Crippen molar-refractivity contribution in [3.63, 3.8) is 0 Å². The summed E-state index contributed by atoms with van der Waals surface area (Å²) in [5.74, 6) is 0.891. The molecular formula is C27H27N7O. The highest BCUT2D eigenvalue weighted by Crippen LogP contribution is 2.37. The third-order valence-electron chi connectivity index (χ3n) is 7.02. The van der Waals surface area contributed by atoms with Crippen LogP contribution in [0.3, 0.4) is 0 Å². The van der Waals surface area contributed by atoms with E-state index in [1.807, 2.05) is 32.3 Å². The fourth-order valence-corrected chi connectivity index (χ4v) is 5.18. The Morgan fingerprint density at radius 3 is 2.66 bits per heavy atom. The Bertz CT molecular complexity index is 1530. The highest BCUT2D eigenvalue weighted by Gasteiger charge is 2.26. The number of nitrogens with two attached hydrogens (primary N) is 1. The molecule has 8 heteroatoms. The quantitative estimate of drug-likeness (QED) is 0.431. The monoisotopic (exact) mass is 465 g/mol. The van der Waals surface area contributed by atoms with Gasteiger partial charge in [-0.05, 0) is 36.1 Å². The van der Waals surface area contributed by atoms with Gasteiger partial charge in [0, 0.05) is 48.8 Å². The normalized spacial score (nSPS) is 14.7. The van der Waals surface area contributed by atoms with Crippen LogP contribution in [0.2, 0.25) is 0 Å². The molecule has 2 aromatic carbocycles. The van der Waals surface area contributed by atoms with Crippen molar-refractivity contribution in [2.45, 2.75) is 32.2 Å². The molecule has 0 unspecified atom stereocenters. The highest BCUT2D eigenvalue weighted by molar-refractivity contribution is 5.92. The van der Waals surface area contributed by atoms with Crippen molar-refractivity contribution >= 4 is 28.1 Å². The van der Waals surface area contributed by atoms with E-state index in [2.05, 4.69) is 52.7 Å². The van der Waals surface area contributed by atoms with Crippen LogP contribution < -0.4 is 5.73 Å². The number of likely N-dealkylation sites (tertiary alicyclic amines) is 1. The average Bonchev–Trinajstić information content (AvgIpc) is 3.46. The van der Waals surface area contributed by atoms with Crippen LogP contribution in [-0.4, -0.2) is 48.3 Å². The first-order valence-corrected chi connectivity index (χ1v) is 12.0. The van der Waals surface area contributed by atoms with Crippen molar-refractivity contribution in [1.82, 2.24) is 29.3 Å². The minimum atomic E-state index is 0.135. The molecule has 1 aliphatic heterocycles. The van der Waals surface area contributed by atoms with Crippen molar-refractivity contribution in [2.24, 2.45) is 0 Å². The van der Waals surface area contributed by atoms with E-state index < -0.39 is 0 Å². The van der Waals surface area contributed by atoms with Gasteiger partial charge in [-0.3, -0.25) is 9.48 Å².